The quantitative estimate of drug-likeness (QED) is 0.113. The molecule has 306 valence electrons. The van der Waals surface area contributed by atoms with Crippen molar-refractivity contribution in [3.8, 4) is 16.9 Å². The van der Waals surface area contributed by atoms with Crippen LogP contribution in [0.15, 0.2) is 66.7 Å². The minimum absolute atomic E-state index is 0.202. The number of halogens is 2. The number of unbranched alkanes of at least 4 members (excludes halogenated alkanes) is 6. The monoisotopic (exact) mass is 795 g/mol. The predicted octanol–water partition coefficient (Wildman–Crippen LogP) is 11.6. The molecular formula is C44H59ClFN3O7. The maximum absolute atomic E-state index is 14.4. The maximum atomic E-state index is 14.4. The number of nitrogens with one attached hydrogen (secondary N) is 1. The number of hydrogen-bond acceptors (Lipinski definition) is 8. The number of likely N-dealkylation sites (tertiary alicyclic amines) is 1. The van der Waals surface area contributed by atoms with Crippen molar-refractivity contribution in [2.45, 2.75) is 123 Å². The van der Waals surface area contributed by atoms with Crippen LogP contribution in [0.4, 0.5) is 24.5 Å². The SMILES string of the molecule is CC(C)(C)OC(=O)N(CCCCCCCCCN1CCC(OC(=O)Nc2ccc(F)cc2-c2ccc(OCc3ccccc3)c(Cl)c2)CC1)C(=O)OC(C)(C)C. The normalized spacial score (nSPS) is 13.9. The van der Waals surface area contributed by atoms with Crippen molar-refractivity contribution in [2.24, 2.45) is 0 Å². The van der Waals surface area contributed by atoms with Crippen LogP contribution in [0.25, 0.3) is 11.1 Å². The summed E-state index contributed by atoms with van der Waals surface area (Å²) in [5, 5.41) is 3.19. The average Bonchev–Trinajstić information content (AvgIpc) is 3.12. The summed E-state index contributed by atoms with van der Waals surface area (Å²) in [7, 11) is 0. The van der Waals surface area contributed by atoms with Crippen LogP contribution in [0.2, 0.25) is 5.02 Å². The number of benzene rings is 3. The largest absolute Gasteiger partial charge is 0.487 e. The molecule has 1 aliphatic rings. The van der Waals surface area contributed by atoms with E-state index >= 15 is 0 Å². The van der Waals surface area contributed by atoms with Crippen LogP contribution in [0.5, 0.6) is 5.75 Å². The smallest absolute Gasteiger partial charge is 0.419 e. The highest BCUT2D eigenvalue weighted by Crippen LogP contribution is 2.35. The number of amides is 3. The highest BCUT2D eigenvalue weighted by Gasteiger charge is 2.31. The molecule has 0 saturated carbocycles. The Hall–Kier alpha value is -4.35. The maximum Gasteiger partial charge on any atom is 0.419 e. The van der Waals surface area contributed by atoms with Crippen molar-refractivity contribution in [3.63, 3.8) is 0 Å². The first-order valence-corrected chi connectivity index (χ1v) is 20.1. The summed E-state index contributed by atoms with van der Waals surface area (Å²) in [6.07, 6.45) is 6.37. The molecule has 1 saturated heterocycles. The predicted molar refractivity (Wildman–Crippen MR) is 219 cm³/mol. The summed E-state index contributed by atoms with van der Waals surface area (Å²) in [5.41, 5.74) is 1.13. The lowest BCUT2D eigenvalue weighted by atomic mass is 10.0. The fourth-order valence-electron chi connectivity index (χ4n) is 6.31. The van der Waals surface area contributed by atoms with Gasteiger partial charge in [0.15, 0.2) is 0 Å². The topological polar surface area (TPSA) is 107 Å². The van der Waals surface area contributed by atoms with E-state index in [9.17, 15) is 18.8 Å². The first-order chi connectivity index (χ1) is 26.6. The number of carbonyl (C=O) groups is 3. The second-order valence-corrected chi connectivity index (χ2v) is 16.7. The van der Waals surface area contributed by atoms with Gasteiger partial charge < -0.3 is 23.8 Å². The summed E-state index contributed by atoms with van der Waals surface area (Å²) in [6.45, 7) is 13.9. The van der Waals surface area contributed by atoms with Crippen molar-refractivity contribution in [1.29, 1.82) is 0 Å². The van der Waals surface area contributed by atoms with Crippen molar-refractivity contribution in [3.05, 3.63) is 83.1 Å². The standard InChI is InChI=1S/C44H59ClFN3O7/c1-43(2,3)55-41(51)49(42(52)56-44(4,5)6)26-16-11-9-7-8-10-15-25-48-27-23-35(24-28-48)54-40(50)47-38-21-20-34(46)30-36(38)33-19-22-39(37(45)29-33)53-31-32-17-13-12-14-18-32/h12-14,17-22,29-30,35H,7-11,15-16,23-28,31H2,1-6H3,(H,47,50). The van der Waals surface area contributed by atoms with Crippen molar-refractivity contribution < 1.29 is 37.7 Å². The van der Waals surface area contributed by atoms with Crippen LogP contribution in [0.1, 0.15) is 105 Å². The molecule has 56 heavy (non-hydrogen) atoms. The van der Waals surface area contributed by atoms with Gasteiger partial charge in [0.2, 0.25) is 0 Å². The van der Waals surface area contributed by atoms with Gasteiger partial charge >= 0.3 is 18.3 Å². The number of carbonyl (C=O) groups excluding carboxylic acids is 3. The Labute approximate surface area is 337 Å². The first kappa shape index (κ1) is 44.4. The molecule has 10 nitrogen and oxygen atoms in total. The lowest BCUT2D eigenvalue weighted by Crippen LogP contribution is -2.44. The Bertz CT molecular complexity index is 1690. The molecule has 1 aliphatic heterocycles. The summed E-state index contributed by atoms with van der Waals surface area (Å²) >= 11 is 6.55. The van der Waals surface area contributed by atoms with E-state index in [1.807, 2.05) is 30.3 Å². The summed E-state index contributed by atoms with van der Waals surface area (Å²) < 4.78 is 36.9. The zero-order valence-electron chi connectivity index (χ0n) is 33.8. The van der Waals surface area contributed by atoms with Gasteiger partial charge in [0.25, 0.3) is 0 Å². The second kappa shape index (κ2) is 21.3. The van der Waals surface area contributed by atoms with E-state index in [2.05, 4.69) is 10.2 Å². The number of anilines is 1. The van der Waals surface area contributed by atoms with Gasteiger partial charge in [-0.15, -0.1) is 0 Å². The number of rotatable bonds is 16. The van der Waals surface area contributed by atoms with Crippen LogP contribution >= 0.6 is 11.6 Å². The van der Waals surface area contributed by atoms with Gasteiger partial charge in [0, 0.05) is 25.2 Å². The minimum atomic E-state index is -0.708. The lowest BCUT2D eigenvalue weighted by molar-refractivity contribution is 0.00115. The van der Waals surface area contributed by atoms with E-state index in [4.69, 9.17) is 30.5 Å². The van der Waals surface area contributed by atoms with Gasteiger partial charge in [-0.25, -0.2) is 23.7 Å². The van der Waals surface area contributed by atoms with Crippen LogP contribution in [0.3, 0.4) is 0 Å². The second-order valence-electron chi connectivity index (χ2n) is 16.3. The summed E-state index contributed by atoms with van der Waals surface area (Å²) in [5.74, 6) is 0.0686. The van der Waals surface area contributed by atoms with Gasteiger partial charge in [-0.05, 0) is 115 Å². The molecule has 3 amide bonds. The highest BCUT2D eigenvalue weighted by molar-refractivity contribution is 6.32. The van der Waals surface area contributed by atoms with Gasteiger partial charge in [-0.2, -0.15) is 0 Å². The van der Waals surface area contributed by atoms with E-state index in [0.29, 0.717) is 40.6 Å². The Balaban J connectivity index is 1.12. The van der Waals surface area contributed by atoms with E-state index < -0.39 is 35.3 Å². The van der Waals surface area contributed by atoms with Crippen molar-refractivity contribution in [2.75, 3.05) is 31.5 Å². The zero-order chi connectivity index (χ0) is 40.7. The molecule has 0 bridgehead atoms. The molecule has 3 aromatic rings. The van der Waals surface area contributed by atoms with E-state index in [-0.39, 0.29) is 12.6 Å². The fraction of sp³-hybridized carbons (Fsp3) is 0.523. The van der Waals surface area contributed by atoms with Crippen molar-refractivity contribution >= 4 is 35.6 Å². The molecule has 3 aromatic carbocycles. The van der Waals surface area contributed by atoms with Gasteiger partial charge in [0.05, 0.1) is 10.7 Å². The number of ether oxygens (including phenoxy) is 4. The van der Waals surface area contributed by atoms with Crippen LogP contribution in [0, 0.1) is 5.82 Å². The molecular weight excluding hydrogens is 737 g/mol. The molecule has 0 spiro atoms. The van der Waals surface area contributed by atoms with Crippen molar-refractivity contribution in [1.82, 2.24) is 9.80 Å². The first-order valence-electron chi connectivity index (χ1n) is 19.8. The third-order valence-corrected chi connectivity index (χ3v) is 9.39. The molecule has 1 heterocycles. The third kappa shape index (κ3) is 15.7. The Kier molecular flexibility index (Phi) is 16.8. The number of hydrogen-bond donors (Lipinski definition) is 1. The van der Waals surface area contributed by atoms with E-state index in [1.165, 1.54) is 18.2 Å². The van der Waals surface area contributed by atoms with E-state index in [0.717, 1.165) is 81.5 Å². The molecule has 4 rings (SSSR count). The molecule has 0 radical (unpaired) electrons. The Morgan fingerprint density at radius 3 is 2.02 bits per heavy atom. The average molecular weight is 796 g/mol. The van der Waals surface area contributed by atoms with E-state index in [1.54, 1.807) is 59.7 Å². The van der Waals surface area contributed by atoms with Gasteiger partial charge in [0.1, 0.15) is 35.5 Å². The van der Waals surface area contributed by atoms with Crippen LogP contribution in [-0.4, -0.2) is 71.6 Å². The molecule has 0 aliphatic carbocycles. The third-order valence-electron chi connectivity index (χ3n) is 9.09. The fourth-order valence-corrected chi connectivity index (χ4v) is 6.54. The molecule has 1 fully saturated rings. The number of imide groups is 1. The Morgan fingerprint density at radius 1 is 0.804 bits per heavy atom. The molecule has 1 N–H and O–H groups in total. The molecule has 0 unspecified atom stereocenters. The lowest BCUT2D eigenvalue weighted by Gasteiger charge is -2.31. The van der Waals surface area contributed by atoms with Crippen LogP contribution in [-0.2, 0) is 20.8 Å². The highest BCUT2D eigenvalue weighted by atomic mass is 35.5. The zero-order valence-corrected chi connectivity index (χ0v) is 34.6. The Morgan fingerprint density at radius 2 is 1.41 bits per heavy atom. The number of nitrogens with zero attached hydrogens (tertiary/aromatic N) is 2. The summed E-state index contributed by atoms with van der Waals surface area (Å²) in [4.78, 5) is 41.8. The van der Waals surface area contributed by atoms with Gasteiger partial charge in [-0.3, -0.25) is 5.32 Å². The number of piperidine rings is 1. The molecule has 0 aromatic heterocycles. The minimum Gasteiger partial charge on any atom is -0.487 e. The van der Waals surface area contributed by atoms with Crippen LogP contribution < -0.4 is 10.1 Å². The molecule has 0 atom stereocenters. The molecule has 12 heteroatoms. The van der Waals surface area contributed by atoms with Gasteiger partial charge in [-0.1, -0.05) is 80.1 Å². The summed E-state index contributed by atoms with van der Waals surface area (Å²) in [6, 6.07) is 19.2.